The Bertz CT molecular complexity index is 844. The number of rotatable bonds is 7. The Morgan fingerprint density at radius 1 is 1.18 bits per heavy atom. The highest BCUT2D eigenvalue weighted by Gasteiger charge is 2.31. The number of carbonyl (C=O) groups is 1. The maximum Gasteiger partial charge on any atom is 0.416 e. The van der Waals surface area contributed by atoms with Gasteiger partial charge in [-0.3, -0.25) is 4.79 Å². The summed E-state index contributed by atoms with van der Waals surface area (Å²) in [6.07, 6.45) is -3.27. The molecule has 3 nitrogen and oxygen atoms in total. The fourth-order valence-electron chi connectivity index (χ4n) is 2.20. The number of carbonyl (C=O) groups excluding carboxylic acids is 1. The lowest BCUT2D eigenvalue weighted by atomic mass is 10.2. The van der Waals surface area contributed by atoms with Gasteiger partial charge in [0.25, 0.3) is 0 Å². The molecule has 0 spiro atoms. The van der Waals surface area contributed by atoms with Crippen LogP contribution < -0.4 is 9.47 Å². The van der Waals surface area contributed by atoms with Crippen molar-refractivity contribution in [2.75, 3.05) is 12.0 Å². The van der Waals surface area contributed by atoms with Gasteiger partial charge in [-0.2, -0.15) is 13.2 Å². The molecular weight excluding hydrogens is 433 g/mol. The van der Waals surface area contributed by atoms with Gasteiger partial charge in [0.15, 0.2) is 6.10 Å². The third kappa shape index (κ3) is 5.99. The van der Waals surface area contributed by atoms with E-state index in [1.807, 2.05) is 13.2 Å². The summed E-state index contributed by atoms with van der Waals surface area (Å²) in [6.45, 7) is 3.54. The van der Waals surface area contributed by atoms with Crippen molar-refractivity contribution in [3.8, 4) is 17.2 Å². The molecule has 1 unspecified atom stereocenters. The van der Waals surface area contributed by atoms with Gasteiger partial charge in [-0.15, -0.1) is 11.8 Å². The molecule has 0 saturated heterocycles. The van der Waals surface area contributed by atoms with E-state index in [-0.39, 0.29) is 15.9 Å². The number of halogens is 4. The quantitative estimate of drug-likeness (QED) is 0.428. The molecule has 9 heteroatoms. The number of ether oxygens (including phenoxy) is 2. The predicted molar refractivity (Wildman–Crippen MR) is 108 cm³/mol. The number of hydrogen-bond acceptors (Lipinski definition) is 5. The van der Waals surface area contributed by atoms with Crippen molar-refractivity contribution in [1.29, 1.82) is 0 Å². The molecule has 152 valence electrons. The highest BCUT2D eigenvalue weighted by molar-refractivity contribution is 8.13. The first-order valence-electron chi connectivity index (χ1n) is 8.21. The summed E-state index contributed by atoms with van der Waals surface area (Å²) in [4.78, 5) is 12.8. The van der Waals surface area contributed by atoms with Crippen LogP contribution in [0.1, 0.15) is 19.4 Å². The smallest absolute Gasteiger partial charge is 0.416 e. The average molecular weight is 451 g/mol. The van der Waals surface area contributed by atoms with E-state index in [0.29, 0.717) is 17.3 Å². The third-order valence-corrected chi connectivity index (χ3v) is 5.52. The Kier molecular flexibility index (Phi) is 7.97. The zero-order valence-corrected chi connectivity index (χ0v) is 17.7. The van der Waals surface area contributed by atoms with Crippen LogP contribution in [0.15, 0.2) is 41.3 Å². The lowest BCUT2D eigenvalue weighted by Crippen LogP contribution is -2.21. The zero-order chi connectivity index (χ0) is 20.9. The summed E-state index contributed by atoms with van der Waals surface area (Å²) < 4.78 is 49.7. The van der Waals surface area contributed by atoms with E-state index >= 15 is 0 Å². The molecule has 0 aliphatic rings. The van der Waals surface area contributed by atoms with Crippen LogP contribution in [0, 0.1) is 0 Å². The molecule has 0 saturated carbocycles. The number of alkyl halides is 3. The molecule has 0 radical (unpaired) electrons. The SMILES string of the molecule is CCSC(=O)C(C)Oc1cc(Oc2ccc(C(F)(F)F)cc2Cl)ccc1SC. The topological polar surface area (TPSA) is 35.5 Å². The fourth-order valence-corrected chi connectivity index (χ4v) is 3.50. The van der Waals surface area contributed by atoms with Crippen molar-refractivity contribution in [1.82, 2.24) is 0 Å². The Morgan fingerprint density at radius 3 is 2.46 bits per heavy atom. The molecule has 0 heterocycles. The summed E-state index contributed by atoms with van der Waals surface area (Å²) in [6, 6.07) is 7.86. The van der Waals surface area contributed by atoms with Gasteiger partial charge in [-0.1, -0.05) is 30.3 Å². The van der Waals surface area contributed by atoms with Crippen molar-refractivity contribution < 1.29 is 27.4 Å². The van der Waals surface area contributed by atoms with Gasteiger partial charge in [0, 0.05) is 11.0 Å². The predicted octanol–water partition coefficient (Wildman–Crippen LogP) is 6.92. The van der Waals surface area contributed by atoms with Crippen LogP contribution in [-0.4, -0.2) is 23.2 Å². The van der Waals surface area contributed by atoms with Crippen LogP contribution >= 0.6 is 35.1 Å². The lowest BCUT2D eigenvalue weighted by Gasteiger charge is -2.17. The molecule has 0 aliphatic heterocycles. The van der Waals surface area contributed by atoms with Gasteiger partial charge < -0.3 is 9.47 Å². The van der Waals surface area contributed by atoms with Gasteiger partial charge in [0.1, 0.15) is 17.2 Å². The Labute approximate surface area is 174 Å². The monoisotopic (exact) mass is 450 g/mol. The highest BCUT2D eigenvalue weighted by atomic mass is 35.5. The van der Waals surface area contributed by atoms with Crippen LogP contribution in [0.4, 0.5) is 13.2 Å². The van der Waals surface area contributed by atoms with Crippen molar-refractivity contribution in [2.45, 2.75) is 31.0 Å². The number of hydrogen-bond donors (Lipinski definition) is 0. The Morgan fingerprint density at radius 2 is 1.89 bits per heavy atom. The Hall–Kier alpha value is -1.51. The van der Waals surface area contributed by atoms with Crippen molar-refractivity contribution >= 4 is 40.2 Å². The van der Waals surface area contributed by atoms with Gasteiger partial charge in [-0.25, -0.2) is 0 Å². The first-order valence-corrected chi connectivity index (χ1v) is 10.8. The molecule has 0 aromatic heterocycles. The molecule has 0 aliphatic carbocycles. The highest BCUT2D eigenvalue weighted by Crippen LogP contribution is 2.38. The van der Waals surface area contributed by atoms with Gasteiger partial charge in [0.05, 0.1) is 10.6 Å². The Balaban J connectivity index is 2.24. The van der Waals surface area contributed by atoms with E-state index in [1.54, 1.807) is 25.1 Å². The minimum absolute atomic E-state index is 0.0863. The first-order chi connectivity index (χ1) is 13.2. The third-order valence-electron chi connectivity index (χ3n) is 3.54. The largest absolute Gasteiger partial charge is 0.481 e. The second-order valence-corrected chi connectivity index (χ2v) is 8.09. The number of thioether (sulfide) groups is 2. The fraction of sp³-hybridized carbons (Fsp3) is 0.316. The van der Waals surface area contributed by atoms with Gasteiger partial charge in [-0.05, 0) is 49.3 Å². The van der Waals surface area contributed by atoms with E-state index in [1.165, 1.54) is 23.5 Å². The van der Waals surface area contributed by atoms with Crippen molar-refractivity contribution in [2.24, 2.45) is 0 Å². The second kappa shape index (κ2) is 9.80. The summed E-state index contributed by atoms with van der Waals surface area (Å²) in [7, 11) is 0. The molecule has 0 fully saturated rings. The van der Waals surface area contributed by atoms with E-state index in [2.05, 4.69) is 0 Å². The normalized spacial score (nSPS) is 12.5. The average Bonchev–Trinajstić information content (AvgIpc) is 2.63. The molecule has 1 atom stereocenters. The molecule has 28 heavy (non-hydrogen) atoms. The van der Waals surface area contributed by atoms with E-state index < -0.39 is 17.8 Å². The molecule has 0 bridgehead atoms. The van der Waals surface area contributed by atoms with E-state index in [0.717, 1.165) is 23.1 Å². The van der Waals surface area contributed by atoms with Crippen LogP contribution in [-0.2, 0) is 11.0 Å². The van der Waals surface area contributed by atoms with Crippen LogP contribution in [0.25, 0.3) is 0 Å². The van der Waals surface area contributed by atoms with Gasteiger partial charge >= 0.3 is 6.18 Å². The summed E-state index contributed by atoms with van der Waals surface area (Å²) in [5, 5.41) is -0.249. The maximum absolute atomic E-state index is 12.8. The standard InChI is InChI=1S/C19H18ClF3O3S2/c1-4-28-18(24)11(2)25-16-10-13(6-8-17(16)27-3)26-15-7-5-12(9-14(15)20)19(21,22)23/h5-11H,4H2,1-3H3. The maximum atomic E-state index is 12.8. The summed E-state index contributed by atoms with van der Waals surface area (Å²) in [5.41, 5.74) is -0.854. The summed E-state index contributed by atoms with van der Waals surface area (Å²) >= 11 is 8.54. The van der Waals surface area contributed by atoms with Crippen molar-refractivity contribution in [3.63, 3.8) is 0 Å². The molecule has 0 N–H and O–H groups in total. The van der Waals surface area contributed by atoms with Crippen LogP contribution in [0.5, 0.6) is 17.2 Å². The molecule has 0 amide bonds. The molecular formula is C19H18ClF3O3S2. The molecule has 2 rings (SSSR count). The van der Waals surface area contributed by atoms with E-state index in [4.69, 9.17) is 21.1 Å². The zero-order valence-electron chi connectivity index (χ0n) is 15.3. The second-order valence-electron chi connectivity index (χ2n) is 5.57. The van der Waals surface area contributed by atoms with Crippen molar-refractivity contribution in [3.05, 3.63) is 47.0 Å². The molecule has 2 aromatic carbocycles. The minimum Gasteiger partial charge on any atom is -0.481 e. The van der Waals surface area contributed by atoms with Gasteiger partial charge in [0.2, 0.25) is 5.12 Å². The van der Waals surface area contributed by atoms with Crippen LogP contribution in [0.3, 0.4) is 0 Å². The van der Waals surface area contributed by atoms with Crippen LogP contribution in [0.2, 0.25) is 5.02 Å². The van der Waals surface area contributed by atoms with E-state index in [9.17, 15) is 18.0 Å². The number of benzene rings is 2. The first kappa shape index (κ1) is 22.8. The molecule has 2 aromatic rings. The minimum atomic E-state index is -4.48. The summed E-state index contributed by atoms with van der Waals surface area (Å²) in [5.74, 6) is 1.52. The lowest BCUT2D eigenvalue weighted by molar-refractivity contribution is -0.137.